The molecule has 0 saturated heterocycles. The Morgan fingerprint density at radius 1 is 0.446 bits per heavy atom. The molecule has 2 unspecified atom stereocenters. The number of aromatic hydroxyl groups is 1. The molecule has 1 aromatic rings. The fourth-order valence-electron chi connectivity index (χ4n) is 9.26. The third-order valence-electron chi connectivity index (χ3n) is 13.5. The van der Waals surface area contributed by atoms with Crippen molar-refractivity contribution >= 4 is 0 Å². The van der Waals surface area contributed by atoms with Gasteiger partial charge in [0.05, 0.1) is 6.10 Å². The molecule has 2 N–H and O–H groups in total. The van der Waals surface area contributed by atoms with Crippen molar-refractivity contribution in [3.63, 3.8) is 0 Å². The van der Waals surface area contributed by atoms with Crippen LogP contribution in [0.1, 0.15) is 296 Å². The molecule has 2 atom stereocenters. The molecule has 65 heavy (non-hydrogen) atoms. The summed E-state index contributed by atoms with van der Waals surface area (Å²) in [5.74, 6) is 0.863. The van der Waals surface area contributed by atoms with Gasteiger partial charge in [-0.05, 0) is 94.4 Å². The van der Waals surface area contributed by atoms with Crippen LogP contribution in [0.4, 0.5) is 0 Å². The number of hydrogen-bond donors (Lipinski definition) is 2. The number of allylic oxidation sites excluding steroid dienone is 6. The van der Waals surface area contributed by atoms with Crippen molar-refractivity contribution in [1.29, 1.82) is 0 Å². The molecule has 0 amide bonds. The summed E-state index contributed by atoms with van der Waals surface area (Å²) in [7, 11) is 0. The SMILES string of the molecule is C=C/C=C\C(Oc1cc(O)cc(CCCCCCCCCCCCCCCCCCC/C=C/CCCCCCCC)c1)C(O)CCCCCCCCCCC/C=C\CCCCCCCC. The summed E-state index contributed by atoms with van der Waals surface area (Å²) in [5.41, 5.74) is 1.11. The molecule has 0 heterocycles. The Balaban J connectivity index is 2.04. The predicted octanol–water partition coefficient (Wildman–Crippen LogP) is 20.7. The lowest BCUT2D eigenvalue weighted by atomic mass is 10.0. The maximum atomic E-state index is 11.1. The monoisotopic (exact) mass is 903 g/mol. The minimum atomic E-state index is -0.594. The van der Waals surface area contributed by atoms with Gasteiger partial charge in [-0.25, -0.2) is 0 Å². The first-order chi connectivity index (χ1) is 32.1. The quantitative estimate of drug-likeness (QED) is 0.0389. The van der Waals surface area contributed by atoms with E-state index < -0.39 is 12.2 Å². The number of hydrogen-bond acceptors (Lipinski definition) is 3. The van der Waals surface area contributed by atoms with Crippen molar-refractivity contribution in [2.75, 3.05) is 0 Å². The molecule has 0 fully saturated rings. The lowest BCUT2D eigenvalue weighted by Crippen LogP contribution is -2.30. The number of ether oxygens (including phenoxy) is 1. The normalized spacial score (nSPS) is 12.9. The van der Waals surface area contributed by atoms with Crippen LogP contribution in [-0.4, -0.2) is 22.4 Å². The molecule has 3 heteroatoms. The van der Waals surface area contributed by atoms with Crippen LogP contribution in [-0.2, 0) is 6.42 Å². The van der Waals surface area contributed by atoms with Crippen LogP contribution in [0.2, 0.25) is 0 Å². The number of unbranched alkanes of at least 4 members (excludes halogenated alkanes) is 38. The summed E-state index contributed by atoms with van der Waals surface area (Å²) in [5, 5.41) is 21.6. The van der Waals surface area contributed by atoms with E-state index >= 15 is 0 Å². The van der Waals surface area contributed by atoms with E-state index in [-0.39, 0.29) is 5.75 Å². The number of aliphatic hydroxyl groups is 1. The molecule has 0 radical (unpaired) electrons. The molecule has 1 rings (SSSR count). The van der Waals surface area contributed by atoms with E-state index in [4.69, 9.17) is 4.74 Å². The van der Waals surface area contributed by atoms with Crippen LogP contribution in [0.3, 0.4) is 0 Å². The van der Waals surface area contributed by atoms with E-state index in [1.807, 2.05) is 24.3 Å². The number of phenols is 1. The highest BCUT2D eigenvalue weighted by atomic mass is 16.5. The average Bonchev–Trinajstić information content (AvgIpc) is 3.30. The molecule has 0 saturated carbocycles. The first-order valence-electron chi connectivity index (χ1n) is 28.9. The zero-order valence-electron chi connectivity index (χ0n) is 43.6. The third kappa shape index (κ3) is 42.8. The van der Waals surface area contributed by atoms with Gasteiger partial charge in [-0.1, -0.05) is 269 Å². The summed E-state index contributed by atoms with van der Waals surface area (Å²) in [6.45, 7) is 8.40. The predicted molar refractivity (Wildman–Crippen MR) is 290 cm³/mol. The van der Waals surface area contributed by atoms with Gasteiger partial charge in [0.25, 0.3) is 0 Å². The maximum absolute atomic E-state index is 11.1. The number of benzene rings is 1. The van der Waals surface area contributed by atoms with Gasteiger partial charge in [0, 0.05) is 6.07 Å². The highest BCUT2D eigenvalue weighted by Gasteiger charge is 2.19. The van der Waals surface area contributed by atoms with E-state index in [2.05, 4.69) is 44.7 Å². The largest absolute Gasteiger partial charge is 0.508 e. The zero-order chi connectivity index (χ0) is 46.8. The lowest BCUT2D eigenvalue weighted by molar-refractivity contribution is 0.0557. The van der Waals surface area contributed by atoms with Gasteiger partial charge in [-0.15, -0.1) is 0 Å². The molecule has 3 nitrogen and oxygen atoms in total. The molecule has 376 valence electrons. The van der Waals surface area contributed by atoms with E-state index in [0.717, 1.165) is 31.2 Å². The van der Waals surface area contributed by atoms with Gasteiger partial charge in [-0.2, -0.15) is 0 Å². The molecule has 0 bridgehead atoms. The summed E-state index contributed by atoms with van der Waals surface area (Å²) >= 11 is 0. The molecule has 0 aliphatic carbocycles. The Morgan fingerprint density at radius 2 is 0.785 bits per heavy atom. The zero-order valence-corrected chi connectivity index (χ0v) is 43.6. The van der Waals surface area contributed by atoms with Crippen molar-refractivity contribution in [2.45, 2.75) is 309 Å². The minimum Gasteiger partial charge on any atom is -0.508 e. The Morgan fingerprint density at radius 3 is 1.15 bits per heavy atom. The van der Waals surface area contributed by atoms with Gasteiger partial charge in [0.1, 0.15) is 17.6 Å². The first kappa shape index (κ1) is 60.8. The number of aliphatic hydroxyl groups excluding tert-OH is 1. The topological polar surface area (TPSA) is 49.7 Å². The lowest BCUT2D eigenvalue weighted by Gasteiger charge is -2.22. The van der Waals surface area contributed by atoms with Gasteiger partial charge in [0.2, 0.25) is 0 Å². The Bertz CT molecular complexity index is 1210. The van der Waals surface area contributed by atoms with E-state index in [0.29, 0.717) is 12.2 Å². The van der Waals surface area contributed by atoms with E-state index in [1.165, 1.54) is 250 Å². The maximum Gasteiger partial charge on any atom is 0.143 e. The third-order valence-corrected chi connectivity index (χ3v) is 13.5. The molecular weight excluding hydrogens is 793 g/mol. The number of rotatable bonds is 51. The molecule has 1 aromatic carbocycles. The highest BCUT2D eigenvalue weighted by Crippen LogP contribution is 2.26. The van der Waals surface area contributed by atoms with Crippen molar-refractivity contribution in [2.24, 2.45) is 0 Å². The smallest absolute Gasteiger partial charge is 0.143 e. The van der Waals surface area contributed by atoms with Crippen LogP contribution in [0.5, 0.6) is 11.5 Å². The molecule has 0 aromatic heterocycles. The Labute approximate surface area is 406 Å². The number of phenolic OH excluding ortho intramolecular Hbond substituents is 1. The minimum absolute atomic E-state index is 0.233. The van der Waals surface area contributed by atoms with Gasteiger partial charge in [-0.3, -0.25) is 0 Å². The number of aryl methyl sites for hydroxylation is 1. The van der Waals surface area contributed by atoms with Crippen molar-refractivity contribution in [3.8, 4) is 11.5 Å². The summed E-state index contributed by atoms with van der Waals surface area (Å²) in [6.07, 6.45) is 72.3. The van der Waals surface area contributed by atoms with Crippen molar-refractivity contribution in [3.05, 3.63) is 72.9 Å². The highest BCUT2D eigenvalue weighted by molar-refractivity contribution is 5.38. The fourth-order valence-corrected chi connectivity index (χ4v) is 9.26. The van der Waals surface area contributed by atoms with Crippen molar-refractivity contribution in [1.82, 2.24) is 0 Å². The second-order valence-corrected chi connectivity index (χ2v) is 20.0. The summed E-state index contributed by atoms with van der Waals surface area (Å²) < 4.78 is 6.30. The summed E-state index contributed by atoms with van der Waals surface area (Å²) in [4.78, 5) is 0. The fraction of sp³-hybridized carbons (Fsp3) is 0.774. The second-order valence-electron chi connectivity index (χ2n) is 20.0. The first-order valence-corrected chi connectivity index (χ1v) is 28.9. The van der Waals surface area contributed by atoms with Crippen LogP contribution in [0, 0.1) is 0 Å². The molecular formula is C62H110O3. The molecule has 0 spiro atoms. The molecule has 0 aliphatic heterocycles. The van der Waals surface area contributed by atoms with E-state index in [1.54, 1.807) is 12.1 Å². The molecule has 0 aliphatic rings. The van der Waals surface area contributed by atoms with Crippen LogP contribution in [0.25, 0.3) is 0 Å². The van der Waals surface area contributed by atoms with Crippen LogP contribution < -0.4 is 4.74 Å². The van der Waals surface area contributed by atoms with Gasteiger partial charge < -0.3 is 14.9 Å². The van der Waals surface area contributed by atoms with Crippen LogP contribution in [0.15, 0.2) is 67.3 Å². The second kappa shape index (κ2) is 49.6. The van der Waals surface area contributed by atoms with Crippen LogP contribution >= 0.6 is 0 Å². The van der Waals surface area contributed by atoms with Gasteiger partial charge >= 0.3 is 0 Å². The standard InChI is InChI=1S/C62H110O3/c1-4-7-10-12-14-16-18-20-22-24-26-27-28-29-30-31-32-33-35-36-38-40-42-44-46-48-50-52-58-55-59(63)57-60(56-58)65-62(54-9-6-3)61(64)53-51-49-47-45-43-41-39-37-34-25-23-21-19-17-15-13-11-8-5-2/h6,9,20-23,54-57,61-64H,3-5,7-8,10-19,24-53H2,1-2H3/b22-20+,23-21-,54-9-. The average molecular weight is 904 g/mol. The summed E-state index contributed by atoms with van der Waals surface area (Å²) in [6, 6.07) is 5.60. The Hall–Kier alpha value is -2.26. The van der Waals surface area contributed by atoms with Gasteiger partial charge in [0.15, 0.2) is 0 Å². The van der Waals surface area contributed by atoms with E-state index in [9.17, 15) is 10.2 Å². The van der Waals surface area contributed by atoms with Crippen molar-refractivity contribution < 1.29 is 14.9 Å². The Kier molecular flexibility index (Phi) is 46.4.